The van der Waals surface area contributed by atoms with Gasteiger partial charge in [-0.1, -0.05) is 34.6 Å². The minimum absolute atomic E-state index is 0.105. The van der Waals surface area contributed by atoms with Crippen LogP contribution >= 0.6 is 0 Å². The van der Waals surface area contributed by atoms with Gasteiger partial charge in [-0.25, -0.2) is 0 Å². The van der Waals surface area contributed by atoms with Gasteiger partial charge < -0.3 is 33.5 Å². The monoisotopic (exact) mass is 634 g/mol. The molecule has 2 aliphatic heterocycles. The van der Waals surface area contributed by atoms with E-state index in [1.54, 1.807) is 0 Å². The molecule has 7 heteroatoms. The number of ether oxygens (including phenoxy) is 6. The third-order valence-corrected chi connectivity index (χ3v) is 14.6. The molecule has 6 aliphatic rings. The number of aliphatic hydroxyl groups excluding tert-OH is 1. The van der Waals surface area contributed by atoms with Crippen LogP contribution in [-0.4, -0.2) is 89.0 Å². The molecule has 0 aromatic heterocycles. The fourth-order valence-electron chi connectivity index (χ4n) is 10.1. The molecule has 2 heterocycles. The van der Waals surface area contributed by atoms with Crippen LogP contribution in [0.5, 0.6) is 0 Å². The third-order valence-electron chi connectivity index (χ3n) is 14.6. The van der Waals surface area contributed by atoms with Crippen LogP contribution < -0.4 is 0 Å². The Hall–Kier alpha value is -0.280. The largest absolute Gasteiger partial charge is 0.396 e. The van der Waals surface area contributed by atoms with Gasteiger partial charge in [-0.2, -0.15) is 0 Å². The summed E-state index contributed by atoms with van der Waals surface area (Å²) in [6, 6.07) is 0. The second-order valence-electron chi connectivity index (χ2n) is 16.9. The highest BCUT2D eigenvalue weighted by molar-refractivity contribution is 5.05. The molecule has 4 aliphatic carbocycles. The minimum atomic E-state index is -0.359. The van der Waals surface area contributed by atoms with E-state index in [9.17, 15) is 5.11 Å². The van der Waals surface area contributed by atoms with Gasteiger partial charge in [0.25, 0.3) is 0 Å². The lowest BCUT2D eigenvalue weighted by Crippen LogP contribution is -2.48. The standard InChI is InChI=1S/C38H66O7/c1-6-34(19-39,24-42-30-17-38(10-5)15-28(30)12-14-33(38)45-27-36(8-3)22-41-23-36)25-44-32-13-11-29-16-37(32,9-4)18-31(29)43-26-35(7-2)20-40-21-35/h28-33,39H,6-27H2,1-5H3. The number of aliphatic hydroxyl groups is 1. The summed E-state index contributed by atoms with van der Waals surface area (Å²) < 4.78 is 38.3. The SMILES string of the molecule is CCC1(COC2CC3(CC)CC2CCC3OCC(CC)(CO)COC2CC3(CC)CC2CCC3OCC2(CC)COC2)COC1. The number of hydrogen-bond acceptors (Lipinski definition) is 7. The first-order chi connectivity index (χ1) is 21.7. The van der Waals surface area contributed by atoms with Gasteiger partial charge in [0.05, 0.1) is 83.9 Å². The molecule has 6 rings (SSSR count). The zero-order chi connectivity index (χ0) is 31.8. The van der Waals surface area contributed by atoms with E-state index in [4.69, 9.17) is 28.4 Å². The van der Waals surface area contributed by atoms with E-state index in [2.05, 4.69) is 34.6 Å². The van der Waals surface area contributed by atoms with Crippen molar-refractivity contribution in [2.75, 3.05) is 59.5 Å². The molecule has 2 saturated heterocycles. The molecule has 4 bridgehead atoms. The van der Waals surface area contributed by atoms with Crippen LogP contribution in [0.15, 0.2) is 0 Å². The summed E-state index contributed by atoms with van der Waals surface area (Å²) in [6.07, 6.45) is 15.7. The van der Waals surface area contributed by atoms with Crippen LogP contribution in [0.4, 0.5) is 0 Å². The van der Waals surface area contributed by atoms with Crippen molar-refractivity contribution >= 4 is 0 Å². The highest BCUT2D eigenvalue weighted by atomic mass is 16.5. The Morgan fingerprint density at radius 2 is 1.09 bits per heavy atom. The van der Waals surface area contributed by atoms with Crippen LogP contribution in [0.3, 0.4) is 0 Å². The van der Waals surface area contributed by atoms with Gasteiger partial charge in [0.15, 0.2) is 0 Å². The molecule has 45 heavy (non-hydrogen) atoms. The van der Waals surface area contributed by atoms with Crippen molar-refractivity contribution in [3.63, 3.8) is 0 Å². The predicted octanol–water partition coefficient (Wildman–Crippen LogP) is 6.97. The Kier molecular flexibility index (Phi) is 10.7. The van der Waals surface area contributed by atoms with Crippen LogP contribution in [-0.2, 0) is 28.4 Å². The molecular weight excluding hydrogens is 568 g/mol. The van der Waals surface area contributed by atoms with Gasteiger partial charge >= 0.3 is 0 Å². The third kappa shape index (κ3) is 6.56. The second kappa shape index (κ2) is 13.9. The Morgan fingerprint density at radius 1 is 0.600 bits per heavy atom. The lowest BCUT2D eigenvalue weighted by atomic mass is 9.71. The van der Waals surface area contributed by atoms with Gasteiger partial charge in [0.2, 0.25) is 0 Å². The maximum Gasteiger partial charge on any atom is 0.0632 e. The fourth-order valence-corrected chi connectivity index (χ4v) is 10.1. The first-order valence-corrected chi connectivity index (χ1v) is 19.0. The van der Waals surface area contributed by atoms with Crippen molar-refractivity contribution in [2.24, 2.45) is 38.9 Å². The van der Waals surface area contributed by atoms with Gasteiger partial charge in [-0.3, -0.25) is 0 Å². The number of fused-ring (bicyclic) bond motifs is 4. The molecule has 4 saturated carbocycles. The quantitative estimate of drug-likeness (QED) is 0.175. The molecule has 7 nitrogen and oxygen atoms in total. The molecule has 9 atom stereocenters. The highest BCUT2D eigenvalue weighted by Gasteiger charge is 2.56. The van der Waals surface area contributed by atoms with Gasteiger partial charge in [0.1, 0.15) is 0 Å². The molecule has 0 amide bonds. The molecule has 6 fully saturated rings. The summed E-state index contributed by atoms with van der Waals surface area (Å²) in [5.41, 5.74) is 0.508. The molecule has 260 valence electrons. The molecule has 1 N–H and O–H groups in total. The highest BCUT2D eigenvalue weighted by Crippen LogP contribution is 2.57. The molecule has 0 aromatic rings. The Labute approximate surface area is 274 Å². The van der Waals surface area contributed by atoms with E-state index in [1.807, 2.05) is 0 Å². The van der Waals surface area contributed by atoms with Crippen molar-refractivity contribution in [3.8, 4) is 0 Å². The zero-order valence-electron chi connectivity index (χ0n) is 29.4. The van der Waals surface area contributed by atoms with E-state index in [0.29, 0.717) is 37.3 Å². The average molecular weight is 635 g/mol. The summed E-state index contributed by atoms with van der Waals surface area (Å²) >= 11 is 0. The van der Waals surface area contributed by atoms with E-state index in [0.717, 1.165) is 97.4 Å². The lowest BCUT2D eigenvalue weighted by molar-refractivity contribution is -0.178. The maximum atomic E-state index is 10.8. The van der Waals surface area contributed by atoms with Crippen LogP contribution in [0.2, 0.25) is 0 Å². The predicted molar refractivity (Wildman–Crippen MR) is 175 cm³/mol. The van der Waals surface area contributed by atoms with Gasteiger partial charge in [-0.15, -0.1) is 0 Å². The number of hydrogen-bond donors (Lipinski definition) is 1. The van der Waals surface area contributed by atoms with Crippen LogP contribution in [0.1, 0.15) is 118 Å². The smallest absolute Gasteiger partial charge is 0.0632 e. The van der Waals surface area contributed by atoms with E-state index < -0.39 is 0 Å². The molecule has 0 aromatic carbocycles. The van der Waals surface area contributed by atoms with Crippen molar-refractivity contribution < 1.29 is 33.5 Å². The Bertz CT molecular complexity index is 949. The second-order valence-corrected chi connectivity index (χ2v) is 16.9. The van der Waals surface area contributed by atoms with E-state index >= 15 is 0 Å². The molecule has 0 spiro atoms. The first-order valence-electron chi connectivity index (χ1n) is 19.0. The molecular formula is C38H66O7. The zero-order valence-corrected chi connectivity index (χ0v) is 29.4. The van der Waals surface area contributed by atoms with Gasteiger partial charge in [0, 0.05) is 16.2 Å². The first kappa shape index (κ1) is 34.6. The average Bonchev–Trinajstić information content (AvgIpc) is 3.50. The van der Waals surface area contributed by atoms with Crippen LogP contribution in [0, 0.1) is 38.9 Å². The maximum absolute atomic E-state index is 10.8. The van der Waals surface area contributed by atoms with Gasteiger partial charge in [-0.05, 0) is 106 Å². The fraction of sp³-hybridized carbons (Fsp3) is 1.00. The van der Waals surface area contributed by atoms with Crippen LogP contribution in [0.25, 0.3) is 0 Å². The normalized spacial score (nSPS) is 40.9. The van der Waals surface area contributed by atoms with Crippen molar-refractivity contribution in [1.82, 2.24) is 0 Å². The topological polar surface area (TPSA) is 75.6 Å². The summed E-state index contributed by atoms with van der Waals surface area (Å²) in [6.45, 7) is 17.7. The summed E-state index contributed by atoms with van der Waals surface area (Å²) in [4.78, 5) is 0. The summed E-state index contributed by atoms with van der Waals surface area (Å²) in [7, 11) is 0. The minimum Gasteiger partial charge on any atom is -0.396 e. The van der Waals surface area contributed by atoms with Crippen molar-refractivity contribution in [2.45, 2.75) is 143 Å². The number of rotatable bonds is 18. The summed E-state index contributed by atoms with van der Waals surface area (Å²) in [5, 5.41) is 10.8. The molecule has 9 unspecified atom stereocenters. The van der Waals surface area contributed by atoms with E-state index in [1.165, 1.54) is 25.7 Å². The summed E-state index contributed by atoms with van der Waals surface area (Å²) in [5.74, 6) is 1.24. The Balaban J connectivity index is 1.03. The van der Waals surface area contributed by atoms with E-state index in [-0.39, 0.29) is 45.9 Å². The van der Waals surface area contributed by atoms with Crippen molar-refractivity contribution in [1.29, 1.82) is 0 Å². The molecule has 0 radical (unpaired) electrons. The van der Waals surface area contributed by atoms with Crippen molar-refractivity contribution in [3.05, 3.63) is 0 Å². The Morgan fingerprint density at radius 3 is 1.53 bits per heavy atom. The lowest BCUT2D eigenvalue weighted by Gasteiger charge is -2.45.